The van der Waals surface area contributed by atoms with Crippen LogP contribution in [0, 0.1) is 0 Å². The van der Waals surface area contributed by atoms with Crippen molar-refractivity contribution < 1.29 is 14.7 Å². The maximum Gasteiger partial charge on any atom is 0.309 e. The highest BCUT2D eigenvalue weighted by Crippen LogP contribution is 2.10. The van der Waals surface area contributed by atoms with E-state index in [9.17, 15) is 9.59 Å². The quantitative estimate of drug-likeness (QED) is 0.521. The van der Waals surface area contributed by atoms with Crippen molar-refractivity contribution in [3.63, 3.8) is 0 Å². The van der Waals surface area contributed by atoms with Gasteiger partial charge in [0.25, 0.3) is 0 Å². The Kier molecular flexibility index (Phi) is 5.87. The van der Waals surface area contributed by atoms with Gasteiger partial charge in [0.05, 0.1) is 6.04 Å². The summed E-state index contributed by atoms with van der Waals surface area (Å²) in [6, 6.07) is 9.18. The number of nitrogens with one attached hydrogen (secondary N) is 2. The molecular weight excluding hydrogens is 232 g/mol. The second-order valence-corrected chi connectivity index (χ2v) is 3.94. The summed E-state index contributed by atoms with van der Waals surface area (Å²) < 4.78 is 0. The van der Waals surface area contributed by atoms with Gasteiger partial charge < -0.3 is 15.7 Å². The highest BCUT2D eigenvalue weighted by molar-refractivity contribution is 6.35. The number of hydrogen-bond donors (Lipinski definition) is 3. The third-order valence-electron chi connectivity index (χ3n) is 2.47. The lowest BCUT2D eigenvalue weighted by molar-refractivity contribution is -0.139. The Morgan fingerprint density at radius 1 is 1.22 bits per heavy atom. The zero-order valence-electron chi connectivity index (χ0n) is 10.3. The second kappa shape index (κ2) is 7.45. The van der Waals surface area contributed by atoms with E-state index in [1.54, 1.807) is 0 Å². The molecule has 5 heteroatoms. The van der Waals surface area contributed by atoms with E-state index in [1.165, 1.54) is 0 Å². The molecule has 0 fully saturated rings. The Bertz CT molecular complexity index is 392. The molecule has 5 nitrogen and oxygen atoms in total. The first-order valence-corrected chi connectivity index (χ1v) is 5.89. The van der Waals surface area contributed by atoms with Gasteiger partial charge in [0, 0.05) is 13.2 Å². The Morgan fingerprint density at radius 3 is 2.50 bits per heavy atom. The zero-order valence-corrected chi connectivity index (χ0v) is 10.3. The van der Waals surface area contributed by atoms with Crippen molar-refractivity contribution in [1.82, 2.24) is 10.6 Å². The standard InChI is InChI=1S/C13H18N2O3/c1-10(11-6-3-2-4-7-11)15-13(18)12(17)14-8-5-9-16/h2-4,6-7,10,16H,5,8-9H2,1H3,(H,14,17)(H,15,18)/t10-/m0/s1. The summed E-state index contributed by atoms with van der Waals surface area (Å²) in [5.41, 5.74) is 0.939. The van der Waals surface area contributed by atoms with Crippen LogP contribution in [0.2, 0.25) is 0 Å². The van der Waals surface area contributed by atoms with Crippen molar-refractivity contribution >= 4 is 11.8 Å². The van der Waals surface area contributed by atoms with Gasteiger partial charge >= 0.3 is 11.8 Å². The van der Waals surface area contributed by atoms with Gasteiger partial charge in [-0.05, 0) is 18.9 Å². The minimum atomic E-state index is -0.675. The van der Waals surface area contributed by atoms with Crippen LogP contribution >= 0.6 is 0 Å². The molecule has 0 radical (unpaired) electrons. The topological polar surface area (TPSA) is 78.4 Å². The highest BCUT2D eigenvalue weighted by Gasteiger charge is 2.15. The molecule has 18 heavy (non-hydrogen) atoms. The Labute approximate surface area is 106 Å². The van der Waals surface area contributed by atoms with Crippen LogP contribution in [0.5, 0.6) is 0 Å². The van der Waals surface area contributed by atoms with Crippen molar-refractivity contribution in [3.05, 3.63) is 35.9 Å². The molecule has 3 N–H and O–H groups in total. The van der Waals surface area contributed by atoms with Gasteiger partial charge in [0.15, 0.2) is 0 Å². The van der Waals surface area contributed by atoms with Gasteiger partial charge in [0.1, 0.15) is 0 Å². The fraction of sp³-hybridized carbons (Fsp3) is 0.385. The molecule has 0 aliphatic heterocycles. The number of rotatable bonds is 5. The van der Waals surface area contributed by atoms with E-state index in [4.69, 9.17) is 5.11 Å². The average Bonchev–Trinajstić information content (AvgIpc) is 2.39. The monoisotopic (exact) mass is 250 g/mol. The number of amides is 2. The highest BCUT2D eigenvalue weighted by atomic mass is 16.3. The van der Waals surface area contributed by atoms with Gasteiger partial charge in [0.2, 0.25) is 0 Å². The summed E-state index contributed by atoms with van der Waals surface area (Å²) in [6.45, 7) is 2.10. The van der Waals surface area contributed by atoms with E-state index in [0.717, 1.165) is 5.56 Å². The molecule has 0 bridgehead atoms. The predicted octanol–water partition coefficient (Wildman–Crippen LogP) is 0.362. The molecular formula is C13H18N2O3. The molecule has 1 aromatic carbocycles. The minimum absolute atomic E-state index is 0.0116. The first kappa shape index (κ1) is 14.2. The van der Waals surface area contributed by atoms with Crippen LogP contribution in [0.25, 0.3) is 0 Å². The molecule has 0 saturated heterocycles. The van der Waals surface area contributed by atoms with E-state index in [1.807, 2.05) is 37.3 Å². The smallest absolute Gasteiger partial charge is 0.309 e. The summed E-state index contributed by atoms with van der Waals surface area (Å²) >= 11 is 0. The van der Waals surface area contributed by atoms with E-state index in [-0.39, 0.29) is 12.6 Å². The average molecular weight is 250 g/mol. The largest absolute Gasteiger partial charge is 0.396 e. The number of aliphatic hydroxyl groups excluding tert-OH is 1. The van der Waals surface area contributed by atoms with E-state index >= 15 is 0 Å². The second-order valence-electron chi connectivity index (χ2n) is 3.94. The van der Waals surface area contributed by atoms with Gasteiger partial charge in [-0.2, -0.15) is 0 Å². The van der Waals surface area contributed by atoms with E-state index in [0.29, 0.717) is 13.0 Å². The summed E-state index contributed by atoms with van der Waals surface area (Å²) in [6.07, 6.45) is 0.438. The van der Waals surface area contributed by atoms with Crippen molar-refractivity contribution in [2.24, 2.45) is 0 Å². The first-order valence-electron chi connectivity index (χ1n) is 5.89. The van der Waals surface area contributed by atoms with Crippen LogP contribution in [-0.2, 0) is 9.59 Å². The Balaban J connectivity index is 2.42. The third kappa shape index (κ3) is 4.55. The predicted molar refractivity (Wildman–Crippen MR) is 67.7 cm³/mol. The number of benzene rings is 1. The number of aliphatic hydroxyl groups is 1. The number of carbonyl (C=O) groups is 2. The van der Waals surface area contributed by atoms with E-state index in [2.05, 4.69) is 10.6 Å². The lowest BCUT2D eigenvalue weighted by Crippen LogP contribution is -2.41. The zero-order chi connectivity index (χ0) is 13.4. The fourth-order valence-corrected chi connectivity index (χ4v) is 1.45. The van der Waals surface area contributed by atoms with Crippen molar-refractivity contribution in [2.45, 2.75) is 19.4 Å². The molecule has 1 rings (SSSR count). The summed E-state index contributed by atoms with van der Waals surface area (Å²) in [5, 5.41) is 13.6. The molecule has 0 aliphatic rings. The normalized spacial score (nSPS) is 11.7. The molecule has 2 amide bonds. The van der Waals surface area contributed by atoms with Crippen LogP contribution < -0.4 is 10.6 Å². The van der Waals surface area contributed by atoms with E-state index < -0.39 is 11.8 Å². The Morgan fingerprint density at radius 2 is 1.89 bits per heavy atom. The maximum atomic E-state index is 11.5. The summed E-state index contributed by atoms with van der Waals surface area (Å²) in [7, 11) is 0. The number of carbonyl (C=O) groups excluding carboxylic acids is 2. The summed E-state index contributed by atoms with van der Waals surface area (Å²) in [5.74, 6) is -1.34. The maximum absolute atomic E-state index is 11.5. The lowest BCUT2D eigenvalue weighted by atomic mass is 10.1. The molecule has 1 atom stereocenters. The lowest BCUT2D eigenvalue weighted by Gasteiger charge is -2.13. The SMILES string of the molecule is C[C@H](NC(=O)C(=O)NCCCO)c1ccccc1. The third-order valence-corrected chi connectivity index (χ3v) is 2.47. The van der Waals surface area contributed by atoms with Gasteiger partial charge in [-0.1, -0.05) is 30.3 Å². The van der Waals surface area contributed by atoms with Crippen molar-refractivity contribution in [2.75, 3.05) is 13.2 Å². The minimum Gasteiger partial charge on any atom is -0.396 e. The molecule has 0 heterocycles. The first-order chi connectivity index (χ1) is 8.65. The molecule has 0 unspecified atom stereocenters. The molecule has 0 spiro atoms. The molecule has 1 aromatic rings. The van der Waals surface area contributed by atoms with Crippen molar-refractivity contribution in [1.29, 1.82) is 0 Å². The molecule has 0 saturated carbocycles. The molecule has 98 valence electrons. The van der Waals surface area contributed by atoms with Gasteiger partial charge in [-0.15, -0.1) is 0 Å². The fourth-order valence-electron chi connectivity index (χ4n) is 1.45. The van der Waals surface area contributed by atoms with Crippen molar-refractivity contribution in [3.8, 4) is 0 Å². The molecule has 0 aliphatic carbocycles. The summed E-state index contributed by atoms with van der Waals surface area (Å²) in [4.78, 5) is 22.9. The van der Waals surface area contributed by atoms with Crippen LogP contribution in [0.4, 0.5) is 0 Å². The van der Waals surface area contributed by atoms with Gasteiger partial charge in [-0.3, -0.25) is 9.59 Å². The van der Waals surface area contributed by atoms with Crippen LogP contribution in [0.3, 0.4) is 0 Å². The van der Waals surface area contributed by atoms with Gasteiger partial charge in [-0.25, -0.2) is 0 Å². The van der Waals surface area contributed by atoms with Crippen LogP contribution in [0.1, 0.15) is 24.9 Å². The van der Waals surface area contributed by atoms with Crippen LogP contribution in [0.15, 0.2) is 30.3 Å². The Hall–Kier alpha value is -1.88. The number of hydrogen-bond acceptors (Lipinski definition) is 3. The molecule has 0 aromatic heterocycles. The van der Waals surface area contributed by atoms with Crippen LogP contribution in [-0.4, -0.2) is 30.1 Å².